The Morgan fingerprint density at radius 3 is 2.75 bits per heavy atom. The summed E-state index contributed by atoms with van der Waals surface area (Å²) < 4.78 is 5.95. The van der Waals surface area contributed by atoms with Gasteiger partial charge in [0.15, 0.2) is 5.82 Å². The van der Waals surface area contributed by atoms with Crippen molar-refractivity contribution < 1.29 is 4.42 Å². The number of hydrogen-bond acceptors (Lipinski definition) is 5. The summed E-state index contributed by atoms with van der Waals surface area (Å²) >= 11 is 0. The molecule has 4 aromatic rings. The number of para-hydroxylation sites is 1. The van der Waals surface area contributed by atoms with Gasteiger partial charge in [0.25, 0.3) is 0 Å². The monoisotopic (exact) mass is 370 g/mol. The van der Waals surface area contributed by atoms with E-state index in [9.17, 15) is 0 Å². The van der Waals surface area contributed by atoms with E-state index in [2.05, 4.69) is 41.0 Å². The molecule has 1 aliphatic rings. The van der Waals surface area contributed by atoms with Crippen molar-refractivity contribution in [1.82, 2.24) is 15.3 Å². The molecule has 5 rings (SSSR count). The van der Waals surface area contributed by atoms with E-state index >= 15 is 0 Å². The molecule has 0 saturated carbocycles. The van der Waals surface area contributed by atoms with Gasteiger partial charge in [-0.25, -0.2) is 9.97 Å². The Kier molecular flexibility index (Phi) is 4.29. The maximum atomic E-state index is 5.95. The van der Waals surface area contributed by atoms with Crippen LogP contribution < -0.4 is 10.6 Å². The van der Waals surface area contributed by atoms with Crippen molar-refractivity contribution in [2.24, 2.45) is 0 Å². The first-order chi connectivity index (χ1) is 13.8. The molecule has 0 radical (unpaired) electrons. The van der Waals surface area contributed by atoms with Crippen molar-refractivity contribution in [2.45, 2.75) is 26.4 Å². The van der Waals surface area contributed by atoms with Crippen LogP contribution in [0.1, 0.15) is 22.6 Å². The van der Waals surface area contributed by atoms with Crippen LogP contribution in [0.25, 0.3) is 22.4 Å². The fraction of sp³-hybridized carbons (Fsp3) is 0.217. The molecule has 3 heterocycles. The molecule has 2 N–H and O–H groups in total. The molecule has 2 aromatic heterocycles. The van der Waals surface area contributed by atoms with Crippen molar-refractivity contribution in [3.05, 3.63) is 77.2 Å². The second kappa shape index (κ2) is 7.09. The standard InChI is InChI=1S/C23H22N4O/c1-15-21(17-9-5-6-10-20(17)28-15)23-26-19-11-12-24-14-18(19)22(27-23)25-13-16-7-3-2-4-8-16/h2-10,24H,11-14H2,1H3,(H,25,26,27). The van der Waals surface area contributed by atoms with Gasteiger partial charge >= 0.3 is 0 Å². The van der Waals surface area contributed by atoms with Gasteiger partial charge in [-0.05, 0) is 18.6 Å². The molecule has 0 unspecified atom stereocenters. The molecule has 2 aromatic carbocycles. The van der Waals surface area contributed by atoms with Crippen LogP contribution in [0.15, 0.2) is 59.0 Å². The molecular formula is C23H22N4O. The fourth-order valence-electron chi connectivity index (χ4n) is 3.83. The molecule has 0 amide bonds. The van der Waals surface area contributed by atoms with E-state index in [1.165, 1.54) is 5.56 Å². The van der Waals surface area contributed by atoms with Crippen LogP contribution in [0, 0.1) is 6.92 Å². The average Bonchev–Trinajstić information content (AvgIpc) is 3.08. The second-order valence-electron chi connectivity index (χ2n) is 7.12. The van der Waals surface area contributed by atoms with Gasteiger partial charge in [0.2, 0.25) is 0 Å². The van der Waals surface area contributed by atoms with E-state index in [1.54, 1.807) is 0 Å². The second-order valence-corrected chi connectivity index (χ2v) is 7.12. The van der Waals surface area contributed by atoms with Crippen LogP contribution in [0.5, 0.6) is 0 Å². The minimum absolute atomic E-state index is 0.731. The average molecular weight is 370 g/mol. The first kappa shape index (κ1) is 17.0. The van der Waals surface area contributed by atoms with Crippen molar-refractivity contribution in [3.8, 4) is 11.4 Å². The zero-order valence-electron chi connectivity index (χ0n) is 15.8. The number of fused-ring (bicyclic) bond motifs is 2. The molecule has 0 bridgehead atoms. The highest BCUT2D eigenvalue weighted by Gasteiger charge is 2.21. The van der Waals surface area contributed by atoms with Crippen molar-refractivity contribution in [3.63, 3.8) is 0 Å². The molecule has 28 heavy (non-hydrogen) atoms. The first-order valence-corrected chi connectivity index (χ1v) is 9.66. The Bertz CT molecular complexity index is 1130. The minimum Gasteiger partial charge on any atom is -0.461 e. The van der Waals surface area contributed by atoms with Gasteiger partial charge in [-0.15, -0.1) is 0 Å². The summed E-state index contributed by atoms with van der Waals surface area (Å²) in [4.78, 5) is 9.86. The third-order valence-electron chi connectivity index (χ3n) is 5.23. The molecular weight excluding hydrogens is 348 g/mol. The van der Waals surface area contributed by atoms with Gasteiger partial charge in [-0.2, -0.15) is 0 Å². The van der Waals surface area contributed by atoms with Crippen molar-refractivity contribution >= 4 is 16.8 Å². The summed E-state index contributed by atoms with van der Waals surface area (Å²) in [5.74, 6) is 2.49. The summed E-state index contributed by atoms with van der Waals surface area (Å²) in [7, 11) is 0. The van der Waals surface area contributed by atoms with Crippen molar-refractivity contribution in [2.75, 3.05) is 11.9 Å². The Morgan fingerprint density at radius 1 is 1.04 bits per heavy atom. The molecule has 0 fully saturated rings. The van der Waals surface area contributed by atoms with Crippen LogP contribution >= 0.6 is 0 Å². The van der Waals surface area contributed by atoms with Gasteiger partial charge in [0.05, 0.1) is 11.3 Å². The number of nitrogens with zero attached hydrogens (tertiary/aromatic N) is 2. The van der Waals surface area contributed by atoms with E-state index in [0.29, 0.717) is 0 Å². The lowest BCUT2D eigenvalue weighted by Crippen LogP contribution is -2.26. The molecule has 0 aliphatic carbocycles. The molecule has 0 saturated heterocycles. The zero-order valence-corrected chi connectivity index (χ0v) is 15.8. The molecule has 1 aliphatic heterocycles. The highest BCUT2D eigenvalue weighted by atomic mass is 16.3. The number of aryl methyl sites for hydroxylation is 1. The Balaban J connectivity index is 1.60. The molecule has 0 spiro atoms. The van der Waals surface area contributed by atoms with E-state index in [-0.39, 0.29) is 0 Å². The lowest BCUT2D eigenvalue weighted by atomic mass is 10.1. The van der Waals surface area contributed by atoms with Crippen LogP contribution in [-0.2, 0) is 19.5 Å². The van der Waals surface area contributed by atoms with E-state index < -0.39 is 0 Å². The smallest absolute Gasteiger partial charge is 0.165 e. The third kappa shape index (κ3) is 3.04. The summed E-state index contributed by atoms with van der Waals surface area (Å²) in [6, 6.07) is 18.5. The van der Waals surface area contributed by atoms with Gasteiger partial charge < -0.3 is 15.1 Å². The molecule has 140 valence electrons. The van der Waals surface area contributed by atoms with Crippen LogP contribution in [0.4, 0.5) is 5.82 Å². The molecule has 5 nitrogen and oxygen atoms in total. The Hall–Kier alpha value is -3.18. The quantitative estimate of drug-likeness (QED) is 0.555. The van der Waals surface area contributed by atoms with Crippen LogP contribution in [0.3, 0.4) is 0 Å². The van der Waals surface area contributed by atoms with E-state index in [4.69, 9.17) is 14.4 Å². The molecule has 0 atom stereocenters. The van der Waals surface area contributed by atoms with Crippen molar-refractivity contribution in [1.29, 1.82) is 0 Å². The van der Waals surface area contributed by atoms with Crippen LogP contribution in [0.2, 0.25) is 0 Å². The van der Waals surface area contributed by atoms with E-state index in [1.807, 2.05) is 31.2 Å². The highest BCUT2D eigenvalue weighted by molar-refractivity contribution is 5.94. The predicted octanol–water partition coefficient (Wildman–Crippen LogP) is 4.46. The summed E-state index contributed by atoms with van der Waals surface area (Å²) in [5, 5.41) is 8.03. The Labute approximate surface area is 163 Å². The lowest BCUT2D eigenvalue weighted by Gasteiger charge is -2.21. The number of furan rings is 1. The number of benzene rings is 2. The SMILES string of the molecule is Cc1oc2ccccc2c1-c1nc2c(c(NCc3ccccc3)n1)CNCC2. The summed E-state index contributed by atoms with van der Waals surface area (Å²) in [6.45, 7) is 4.44. The minimum atomic E-state index is 0.731. The number of aromatic nitrogens is 2. The zero-order chi connectivity index (χ0) is 18.9. The summed E-state index contributed by atoms with van der Waals surface area (Å²) in [6.07, 6.45) is 0.902. The van der Waals surface area contributed by atoms with Gasteiger partial charge in [-0.1, -0.05) is 48.5 Å². The largest absolute Gasteiger partial charge is 0.461 e. The Morgan fingerprint density at radius 2 is 1.86 bits per heavy atom. The number of anilines is 1. The number of nitrogens with one attached hydrogen (secondary N) is 2. The summed E-state index contributed by atoms with van der Waals surface area (Å²) in [5.41, 5.74) is 5.36. The fourth-order valence-corrected chi connectivity index (χ4v) is 3.83. The van der Waals surface area contributed by atoms with Gasteiger partial charge in [0.1, 0.15) is 17.2 Å². The third-order valence-corrected chi connectivity index (χ3v) is 5.23. The normalized spacial score (nSPS) is 13.5. The number of hydrogen-bond donors (Lipinski definition) is 2. The van der Waals surface area contributed by atoms with Gasteiger partial charge in [0, 0.05) is 37.0 Å². The molecule has 5 heteroatoms. The first-order valence-electron chi connectivity index (χ1n) is 9.66. The predicted molar refractivity (Wildman–Crippen MR) is 111 cm³/mol. The van der Waals surface area contributed by atoms with Gasteiger partial charge in [-0.3, -0.25) is 0 Å². The maximum absolute atomic E-state index is 5.95. The maximum Gasteiger partial charge on any atom is 0.165 e. The highest BCUT2D eigenvalue weighted by Crippen LogP contribution is 2.34. The lowest BCUT2D eigenvalue weighted by molar-refractivity contribution is 0.579. The van der Waals surface area contributed by atoms with E-state index in [0.717, 1.165) is 71.2 Å². The topological polar surface area (TPSA) is 63.0 Å². The van der Waals surface area contributed by atoms with Crippen LogP contribution in [-0.4, -0.2) is 16.5 Å². The number of rotatable bonds is 4.